The van der Waals surface area contributed by atoms with Gasteiger partial charge in [0, 0.05) is 25.5 Å². The molecule has 4 aromatic carbocycles. The number of aromatic nitrogens is 6. The summed E-state index contributed by atoms with van der Waals surface area (Å²) in [6, 6.07) is 35.3. The molecule has 0 aliphatic rings. The van der Waals surface area contributed by atoms with Gasteiger partial charge in [0.1, 0.15) is 27.7 Å². The normalized spacial score (nSPS) is 12.2. The zero-order chi connectivity index (χ0) is 41.2. The highest BCUT2D eigenvalue weighted by Crippen LogP contribution is 2.33. The average Bonchev–Trinajstić information content (AvgIpc) is 3.87. The predicted molar refractivity (Wildman–Crippen MR) is 220 cm³/mol. The van der Waals surface area contributed by atoms with Crippen LogP contribution in [-0.4, -0.2) is 43.0 Å². The highest BCUT2D eigenvalue weighted by atomic mass is 32.1. The Bertz CT molecular complexity index is 2710. The number of halogens is 4. The quantitative estimate of drug-likeness (QED) is 0.114. The lowest BCUT2D eigenvalue weighted by Gasteiger charge is -2.10. The first kappa shape index (κ1) is 40.3. The van der Waals surface area contributed by atoms with Gasteiger partial charge in [-0.05, 0) is 72.5 Å². The van der Waals surface area contributed by atoms with Crippen LogP contribution in [0.3, 0.4) is 0 Å². The molecule has 0 aliphatic carbocycles. The summed E-state index contributed by atoms with van der Waals surface area (Å²) in [7, 11) is 0. The number of hydrogen-bond donors (Lipinski definition) is 2. The molecular formula is C43H32F4N10S2. The first-order valence-corrected chi connectivity index (χ1v) is 19.8. The van der Waals surface area contributed by atoms with Crippen LogP contribution < -0.4 is 10.6 Å². The predicted octanol–water partition coefficient (Wildman–Crippen LogP) is 9.95. The van der Waals surface area contributed by atoms with Crippen LogP contribution in [-0.2, 0) is 19.0 Å². The Morgan fingerprint density at radius 1 is 0.610 bits per heavy atom. The summed E-state index contributed by atoms with van der Waals surface area (Å²) in [5, 5.41) is 26.9. The van der Waals surface area contributed by atoms with Crippen molar-refractivity contribution in [3.8, 4) is 12.1 Å². The summed E-state index contributed by atoms with van der Waals surface area (Å²) in [5.74, 6) is -0.697. The molecule has 0 spiro atoms. The first-order valence-electron chi connectivity index (χ1n) is 18.2. The standard InChI is InChI=1S/C22H16F3N5S.C21H16FN5S/c23-22(24,25)15-5-3-4-14(12-15)8-10-27-21-28-11-9-17(30-21)16(13-26)20-29-18-6-1-2-7-19(18)31-20;22-16-6-2-1-5-14(16)9-11-24-21-25-12-10-17(27-21)15(13-23)20-26-18-7-3-4-8-19(18)28-20/h1-7,9,11-12,16H,8,10H2,(H,27,28,30);1-8,10,12,15H,9,11H2,(H,24,25,27). The van der Waals surface area contributed by atoms with E-state index in [0.29, 0.717) is 70.4 Å². The number of alkyl halides is 3. The fourth-order valence-corrected chi connectivity index (χ4v) is 8.04. The fraction of sp³-hybridized carbons (Fsp3) is 0.163. The van der Waals surface area contributed by atoms with Crippen LogP contribution in [0.15, 0.2) is 122 Å². The van der Waals surface area contributed by atoms with E-state index in [1.165, 1.54) is 34.8 Å². The summed E-state index contributed by atoms with van der Waals surface area (Å²) in [5.41, 5.74) is 3.33. The van der Waals surface area contributed by atoms with Gasteiger partial charge in [-0.2, -0.15) is 23.7 Å². The second-order valence-corrected chi connectivity index (χ2v) is 15.0. The minimum Gasteiger partial charge on any atom is -0.354 e. The smallest absolute Gasteiger partial charge is 0.354 e. The molecule has 0 fully saturated rings. The summed E-state index contributed by atoms with van der Waals surface area (Å²) >= 11 is 2.93. The van der Waals surface area contributed by atoms with Crippen molar-refractivity contribution in [2.24, 2.45) is 0 Å². The molecule has 10 nitrogen and oxygen atoms in total. The van der Waals surface area contributed by atoms with Crippen LogP contribution in [0.2, 0.25) is 0 Å². The van der Waals surface area contributed by atoms with Crippen molar-refractivity contribution in [3.05, 3.63) is 165 Å². The van der Waals surface area contributed by atoms with Gasteiger partial charge in [0.05, 0.1) is 49.5 Å². The minimum absolute atomic E-state index is 0.223. The average molecular weight is 829 g/mol. The molecule has 8 aromatic rings. The molecule has 8 rings (SSSR count). The monoisotopic (exact) mass is 828 g/mol. The summed E-state index contributed by atoms with van der Waals surface area (Å²) in [4.78, 5) is 26.4. The maximum Gasteiger partial charge on any atom is 0.416 e. The van der Waals surface area contributed by atoms with Gasteiger partial charge in [-0.1, -0.05) is 60.7 Å². The van der Waals surface area contributed by atoms with Gasteiger partial charge in [-0.25, -0.2) is 34.3 Å². The minimum atomic E-state index is -4.37. The van der Waals surface area contributed by atoms with Crippen LogP contribution >= 0.6 is 22.7 Å². The van der Waals surface area contributed by atoms with E-state index in [9.17, 15) is 28.1 Å². The molecular weight excluding hydrogens is 797 g/mol. The molecule has 0 saturated heterocycles. The maximum atomic E-state index is 13.7. The van der Waals surface area contributed by atoms with E-state index in [1.54, 1.807) is 42.7 Å². The lowest BCUT2D eigenvalue weighted by Crippen LogP contribution is -2.11. The SMILES string of the molecule is N#CC(c1ccnc(NCCc2cccc(C(F)(F)F)c2)n1)c1nc2ccccc2s1.N#CC(c1ccnc(NCCc2ccccc2F)n1)c1nc2ccccc2s1. The van der Waals surface area contributed by atoms with Crippen molar-refractivity contribution in [2.45, 2.75) is 30.9 Å². The Morgan fingerprint density at radius 2 is 1.14 bits per heavy atom. The number of hydrogen-bond acceptors (Lipinski definition) is 12. The molecule has 2 unspecified atom stereocenters. The van der Waals surface area contributed by atoms with Crippen LogP contribution in [0, 0.1) is 28.5 Å². The maximum absolute atomic E-state index is 13.7. The van der Waals surface area contributed by atoms with Crippen LogP contribution in [0.5, 0.6) is 0 Å². The fourth-order valence-electron chi connectivity index (χ4n) is 5.99. The van der Waals surface area contributed by atoms with Gasteiger partial charge < -0.3 is 10.6 Å². The Balaban J connectivity index is 0.000000180. The summed E-state index contributed by atoms with van der Waals surface area (Å²) < 4.78 is 54.3. The number of benzene rings is 4. The lowest BCUT2D eigenvalue weighted by atomic mass is 10.1. The molecule has 59 heavy (non-hydrogen) atoms. The molecule has 2 N–H and O–H groups in total. The summed E-state index contributed by atoms with van der Waals surface area (Å²) in [6.07, 6.45) is -0.317. The van der Waals surface area contributed by atoms with Crippen LogP contribution in [0.25, 0.3) is 20.4 Å². The molecule has 0 amide bonds. The Labute approximate surface area is 344 Å². The van der Waals surface area contributed by atoms with Gasteiger partial charge in [0.25, 0.3) is 0 Å². The van der Waals surface area contributed by atoms with Gasteiger partial charge in [0.2, 0.25) is 11.9 Å². The van der Waals surface area contributed by atoms with E-state index >= 15 is 0 Å². The van der Waals surface area contributed by atoms with Crippen molar-refractivity contribution in [2.75, 3.05) is 23.7 Å². The zero-order valence-electron chi connectivity index (χ0n) is 30.9. The molecule has 16 heteroatoms. The molecule has 0 bridgehead atoms. The number of anilines is 2. The topological polar surface area (TPSA) is 149 Å². The Morgan fingerprint density at radius 3 is 1.66 bits per heavy atom. The van der Waals surface area contributed by atoms with Crippen molar-refractivity contribution < 1.29 is 17.6 Å². The van der Waals surface area contributed by atoms with Crippen molar-refractivity contribution in [3.63, 3.8) is 0 Å². The molecule has 294 valence electrons. The third-order valence-corrected chi connectivity index (χ3v) is 11.1. The van der Waals surface area contributed by atoms with E-state index in [-0.39, 0.29) is 5.82 Å². The third-order valence-electron chi connectivity index (χ3n) is 8.91. The van der Waals surface area contributed by atoms with Gasteiger partial charge >= 0.3 is 6.18 Å². The van der Waals surface area contributed by atoms with E-state index in [2.05, 4.69) is 52.7 Å². The lowest BCUT2D eigenvalue weighted by molar-refractivity contribution is -0.137. The molecule has 0 aliphatic heterocycles. The number of nitrogens with zero attached hydrogens (tertiary/aromatic N) is 8. The number of thiazole rings is 2. The van der Waals surface area contributed by atoms with Crippen LogP contribution in [0.1, 0.15) is 49.9 Å². The number of nitrogens with one attached hydrogen (secondary N) is 2. The van der Waals surface area contributed by atoms with Crippen molar-refractivity contribution >= 4 is 55.0 Å². The van der Waals surface area contributed by atoms with Gasteiger partial charge in [-0.3, -0.25) is 0 Å². The Hall–Kier alpha value is -6.88. The molecule has 4 heterocycles. The zero-order valence-corrected chi connectivity index (χ0v) is 32.6. The van der Waals surface area contributed by atoms with Crippen molar-refractivity contribution in [1.29, 1.82) is 10.5 Å². The van der Waals surface area contributed by atoms with E-state index in [1.807, 2.05) is 54.6 Å². The summed E-state index contributed by atoms with van der Waals surface area (Å²) in [6.45, 7) is 0.839. The third kappa shape index (κ3) is 10.2. The largest absolute Gasteiger partial charge is 0.416 e. The van der Waals surface area contributed by atoms with Gasteiger partial charge in [0.15, 0.2) is 0 Å². The highest BCUT2D eigenvalue weighted by Gasteiger charge is 2.30. The molecule has 0 radical (unpaired) electrons. The van der Waals surface area contributed by atoms with E-state index in [0.717, 1.165) is 32.6 Å². The van der Waals surface area contributed by atoms with E-state index < -0.39 is 23.6 Å². The van der Waals surface area contributed by atoms with E-state index in [4.69, 9.17) is 0 Å². The highest BCUT2D eigenvalue weighted by molar-refractivity contribution is 7.19. The van der Waals surface area contributed by atoms with Crippen molar-refractivity contribution in [1.82, 2.24) is 29.9 Å². The number of para-hydroxylation sites is 2. The molecule has 4 aromatic heterocycles. The number of rotatable bonds is 12. The molecule has 0 saturated carbocycles. The molecule has 2 atom stereocenters. The van der Waals surface area contributed by atoms with Crippen LogP contribution in [0.4, 0.5) is 29.5 Å². The second kappa shape index (κ2) is 18.6. The number of nitriles is 2. The Kier molecular flexibility index (Phi) is 12.7. The van der Waals surface area contributed by atoms with Gasteiger partial charge in [-0.15, -0.1) is 22.7 Å². The second-order valence-electron chi connectivity index (χ2n) is 12.9. The number of fused-ring (bicyclic) bond motifs is 2. The first-order chi connectivity index (χ1) is 28.7.